The molecule has 2 bridgehead atoms. The molecule has 1 aromatic heterocycles. The number of nitrogens with one attached hydrogen (secondary N) is 1. The summed E-state index contributed by atoms with van der Waals surface area (Å²) in [5, 5.41) is 17.2. The predicted molar refractivity (Wildman–Crippen MR) is 79.7 cm³/mol. The lowest BCUT2D eigenvalue weighted by Crippen LogP contribution is -2.47. The van der Waals surface area contributed by atoms with Gasteiger partial charge in [-0.1, -0.05) is 0 Å². The Morgan fingerprint density at radius 3 is 2.81 bits per heavy atom. The Morgan fingerprint density at radius 2 is 2.19 bits per heavy atom. The maximum atomic E-state index is 12.5. The molecule has 5 heteroatoms. The molecule has 0 spiro atoms. The molecule has 1 amide bonds. The van der Waals surface area contributed by atoms with Gasteiger partial charge in [0.05, 0.1) is 5.69 Å². The molecule has 1 heterocycles. The standard InChI is InChI=1S/C16H25N3O2/c1-9-6-10(2)19(18-9)11(3)16(21)17-15-13-5-4-12(7-13)14(15)8-20/h6,11-15,20H,4-5,7-8H2,1-3H3,(H,17,21). The van der Waals surface area contributed by atoms with Crippen molar-refractivity contribution in [3.8, 4) is 0 Å². The van der Waals surface area contributed by atoms with E-state index in [1.165, 1.54) is 12.8 Å². The van der Waals surface area contributed by atoms with Gasteiger partial charge in [-0.25, -0.2) is 0 Å². The zero-order valence-electron chi connectivity index (χ0n) is 13.0. The minimum atomic E-state index is -0.308. The summed E-state index contributed by atoms with van der Waals surface area (Å²) in [7, 11) is 0. The number of nitrogens with zero attached hydrogens (tertiary/aromatic N) is 2. The van der Waals surface area contributed by atoms with Gasteiger partial charge in [0, 0.05) is 24.3 Å². The molecule has 0 aromatic carbocycles. The van der Waals surface area contributed by atoms with Crippen LogP contribution in [0.15, 0.2) is 6.07 Å². The molecule has 3 rings (SSSR count). The van der Waals surface area contributed by atoms with E-state index >= 15 is 0 Å². The van der Waals surface area contributed by atoms with E-state index < -0.39 is 0 Å². The number of rotatable bonds is 4. The third-order valence-corrected chi connectivity index (χ3v) is 5.40. The number of carbonyl (C=O) groups is 1. The monoisotopic (exact) mass is 291 g/mol. The van der Waals surface area contributed by atoms with Gasteiger partial charge < -0.3 is 10.4 Å². The third kappa shape index (κ3) is 2.48. The van der Waals surface area contributed by atoms with Gasteiger partial charge in [-0.15, -0.1) is 0 Å². The molecule has 5 nitrogen and oxygen atoms in total. The van der Waals surface area contributed by atoms with E-state index in [4.69, 9.17) is 0 Å². The van der Waals surface area contributed by atoms with Gasteiger partial charge in [-0.05, 0) is 57.9 Å². The van der Waals surface area contributed by atoms with Crippen molar-refractivity contribution in [2.24, 2.45) is 17.8 Å². The summed E-state index contributed by atoms with van der Waals surface area (Å²) in [6.07, 6.45) is 3.54. The Morgan fingerprint density at radius 1 is 1.48 bits per heavy atom. The predicted octanol–water partition coefficient (Wildman–Crippen LogP) is 1.58. The number of carbonyl (C=O) groups excluding carboxylic acids is 1. The van der Waals surface area contributed by atoms with Crippen LogP contribution < -0.4 is 5.32 Å². The van der Waals surface area contributed by atoms with Crippen LogP contribution in [0, 0.1) is 31.6 Å². The summed E-state index contributed by atoms with van der Waals surface area (Å²) in [4.78, 5) is 12.5. The maximum Gasteiger partial charge on any atom is 0.244 e. The SMILES string of the molecule is Cc1cc(C)n(C(C)C(=O)NC2C3CCC(C3)C2CO)n1. The molecule has 2 fully saturated rings. The molecule has 2 aliphatic carbocycles. The van der Waals surface area contributed by atoms with Crippen molar-refractivity contribution >= 4 is 5.91 Å². The van der Waals surface area contributed by atoms with Crippen molar-refractivity contribution in [2.45, 2.75) is 52.1 Å². The van der Waals surface area contributed by atoms with E-state index in [9.17, 15) is 9.90 Å². The minimum Gasteiger partial charge on any atom is -0.396 e. The fraction of sp³-hybridized carbons (Fsp3) is 0.750. The topological polar surface area (TPSA) is 67.2 Å². The highest BCUT2D eigenvalue weighted by Crippen LogP contribution is 2.48. The number of aromatic nitrogens is 2. The van der Waals surface area contributed by atoms with Crippen LogP contribution in [0.5, 0.6) is 0 Å². The van der Waals surface area contributed by atoms with Crippen LogP contribution in [-0.2, 0) is 4.79 Å². The van der Waals surface area contributed by atoms with E-state index in [0.717, 1.165) is 17.8 Å². The average Bonchev–Trinajstić information content (AvgIpc) is 3.12. The van der Waals surface area contributed by atoms with E-state index in [2.05, 4.69) is 10.4 Å². The molecule has 2 N–H and O–H groups in total. The van der Waals surface area contributed by atoms with Crippen LogP contribution in [0.25, 0.3) is 0 Å². The first-order valence-corrected chi connectivity index (χ1v) is 7.95. The third-order valence-electron chi connectivity index (χ3n) is 5.40. The quantitative estimate of drug-likeness (QED) is 0.885. The van der Waals surface area contributed by atoms with Crippen molar-refractivity contribution in [3.05, 3.63) is 17.5 Å². The van der Waals surface area contributed by atoms with Crippen LogP contribution in [0.1, 0.15) is 43.6 Å². The lowest BCUT2D eigenvalue weighted by molar-refractivity contribution is -0.125. The van der Waals surface area contributed by atoms with Gasteiger partial charge in [-0.3, -0.25) is 9.48 Å². The number of aryl methyl sites for hydroxylation is 2. The molecule has 2 saturated carbocycles. The summed E-state index contributed by atoms with van der Waals surface area (Å²) < 4.78 is 1.78. The summed E-state index contributed by atoms with van der Waals surface area (Å²) >= 11 is 0. The summed E-state index contributed by atoms with van der Waals surface area (Å²) in [6, 6.07) is 1.82. The first-order valence-electron chi connectivity index (χ1n) is 7.95. The molecule has 116 valence electrons. The second-order valence-corrected chi connectivity index (χ2v) is 6.76. The Hall–Kier alpha value is -1.36. The lowest BCUT2D eigenvalue weighted by atomic mass is 9.85. The molecular weight excluding hydrogens is 266 g/mol. The fourth-order valence-corrected chi connectivity index (χ4v) is 4.33. The van der Waals surface area contributed by atoms with Crippen LogP contribution in [0.4, 0.5) is 0 Å². The molecular formula is C16H25N3O2. The zero-order valence-corrected chi connectivity index (χ0v) is 13.0. The highest BCUT2D eigenvalue weighted by Gasteiger charge is 2.48. The number of amides is 1. The number of fused-ring (bicyclic) bond motifs is 2. The Bertz CT molecular complexity index is 540. The first kappa shape index (κ1) is 14.6. The fourth-order valence-electron chi connectivity index (χ4n) is 4.33. The van der Waals surface area contributed by atoms with Crippen LogP contribution in [0.2, 0.25) is 0 Å². The number of aliphatic hydroxyl groups is 1. The van der Waals surface area contributed by atoms with Gasteiger partial charge in [-0.2, -0.15) is 5.10 Å². The van der Waals surface area contributed by atoms with Crippen LogP contribution in [-0.4, -0.2) is 33.4 Å². The van der Waals surface area contributed by atoms with Crippen molar-refractivity contribution in [3.63, 3.8) is 0 Å². The second-order valence-electron chi connectivity index (χ2n) is 6.76. The molecule has 5 unspecified atom stereocenters. The summed E-state index contributed by atoms with van der Waals surface area (Å²) in [5.74, 6) is 1.38. The molecule has 5 atom stereocenters. The highest BCUT2D eigenvalue weighted by molar-refractivity contribution is 5.80. The molecule has 1 aromatic rings. The molecule has 21 heavy (non-hydrogen) atoms. The second kappa shape index (κ2) is 5.44. The minimum absolute atomic E-state index is 0.0113. The summed E-state index contributed by atoms with van der Waals surface area (Å²) in [5.41, 5.74) is 1.93. The molecule has 2 aliphatic rings. The average molecular weight is 291 g/mol. The van der Waals surface area contributed by atoms with Crippen molar-refractivity contribution in [2.75, 3.05) is 6.61 Å². The normalized spacial score (nSPS) is 32.4. The smallest absolute Gasteiger partial charge is 0.244 e. The Labute approximate surface area is 125 Å². The van der Waals surface area contributed by atoms with Crippen molar-refractivity contribution in [1.29, 1.82) is 0 Å². The zero-order chi connectivity index (χ0) is 15.1. The van der Waals surface area contributed by atoms with Gasteiger partial charge in [0.25, 0.3) is 0 Å². The number of hydrogen-bond donors (Lipinski definition) is 2. The Kier molecular flexibility index (Phi) is 3.78. The van der Waals surface area contributed by atoms with E-state index in [-0.39, 0.29) is 30.5 Å². The van der Waals surface area contributed by atoms with Crippen LogP contribution >= 0.6 is 0 Å². The van der Waals surface area contributed by atoms with Crippen molar-refractivity contribution < 1.29 is 9.90 Å². The van der Waals surface area contributed by atoms with E-state index in [1.807, 2.05) is 26.8 Å². The molecule has 0 radical (unpaired) electrons. The maximum absolute atomic E-state index is 12.5. The molecule has 0 saturated heterocycles. The largest absolute Gasteiger partial charge is 0.396 e. The van der Waals surface area contributed by atoms with Gasteiger partial charge >= 0.3 is 0 Å². The highest BCUT2D eigenvalue weighted by atomic mass is 16.3. The van der Waals surface area contributed by atoms with Gasteiger partial charge in [0.1, 0.15) is 6.04 Å². The van der Waals surface area contributed by atoms with E-state index in [0.29, 0.717) is 11.8 Å². The van der Waals surface area contributed by atoms with E-state index in [1.54, 1.807) is 4.68 Å². The number of hydrogen-bond acceptors (Lipinski definition) is 3. The molecule has 0 aliphatic heterocycles. The van der Waals surface area contributed by atoms with Crippen molar-refractivity contribution in [1.82, 2.24) is 15.1 Å². The van der Waals surface area contributed by atoms with Gasteiger partial charge in [0.15, 0.2) is 0 Å². The Balaban J connectivity index is 1.70. The van der Waals surface area contributed by atoms with Crippen LogP contribution in [0.3, 0.4) is 0 Å². The summed E-state index contributed by atoms with van der Waals surface area (Å²) in [6.45, 7) is 5.97. The number of aliphatic hydroxyl groups excluding tert-OH is 1. The first-order chi connectivity index (χ1) is 10.0. The van der Waals surface area contributed by atoms with Gasteiger partial charge in [0.2, 0.25) is 5.91 Å². The lowest BCUT2D eigenvalue weighted by Gasteiger charge is -2.31.